The lowest BCUT2D eigenvalue weighted by molar-refractivity contribution is 0.508. The molecule has 3 rings (SSSR count). The molecule has 0 saturated carbocycles. The maximum atomic E-state index is 13.1. The summed E-state index contributed by atoms with van der Waals surface area (Å²) in [5.74, 6) is 0.0911. The van der Waals surface area contributed by atoms with Crippen LogP contribution in [0.1, 0.15) is 5.82 Å². The van der Waals surface area contributed by atoms with Gasteiger partial charge in [0.2, 0.25) is 0 Å². The molecule has 1 aliphatic rings. The van der Waals surface area contributed by atoms with Gasteiger partial charge in [0.15, 0.2) is 5.82 Å². The Morgan fingerprint density at radius 3 is 2.65 bits per heavy atom. The molecule has 1 aromatic carbocycles. The van der Waals surface area contributed by atoms with Crippen LogP contribution < -0.4 is 5.32 Å². The van der Waals surface area contributed by atoms with Gasteiger partial charge in [-0.1, -0.05) is 0 Å². The highest BCUT2D eigenvalue weighted by Gasteiger charge is 2.17. The highest BCUT2D eigenvalue weighted by Crippen LogP contribution is 2.21. The van der Waals surface area contributed by atoms with Gasteiger partial charge < -0.3 is 9.88 Å². The summed E-state index contributed by atoms with van der Waals surface area (Å²) in [5.41, 5.74) is 0.420. The lowest BCUT2D eigenvalue weighted by Gasteiger charge is -2.15. The number of nitrogens with zero attached hydrogens (tertiary/aromatic N) is 3. The van der Waals surface area contributed by atoms with Crippen molar-refractivity contribution in [3.05, 3.63) is 35.7 Å². The average molecular weight is 236 g/mol. The van der Waals surface area contributed by atoms with Crippen LogP contribution in [-0.2, 0) is 13.1 Å². The van der Waals surface area contributed by atoms with Crippen LogP contribution in [0.3, 0.4) is 0 Å². The number of hydrogen-bond acceptors (Lipinski definition) is 3. The SMILES string of the molecule is Fc1cc(F)cc(-c2nnc3n2CCNC3)c1. The van der Waals surface area contributed by atoms with Crippen molar-refractivity contribution in [2.75, 3.05) is 6.54 Å². The fourth-order valence-electron chi connectivity index (χ4n) is 1.99. The summed E-state index contributed by atoms with van der Waals surface area (Å²) in [6.07, 6.45) is 0. The van der Waals surface area contributed by atoms with Gasteiger partial charge in [-0.15, -0.1) is 10.2 Å². The first-order valence-corrected chi connectivity index (χ1v) is 5.33. The molecule has 0 aliphatic carbocycles. The molecule has 0 unspecified atom stereocenters. The number of rotatable bonds is 1. The first-order chi connectivity index (χ1) is 8.24. The third kappa shape index (κ3) is 1.80. The quantitative estimate of drug-likeness (QED) is 0.812. The molecule has 0 fully saturated rings. The second-order valence-electron chi connectivity index (χ2n) is 3.93. The molecule has 88 valence electrons. The van der Waals surface area contributed by atoms with Gasteiger partial charge >= 0.3 is 0 Å². The molecule has 2 aromatic rings. The third-order valence-electron chi connectivity index (χ3n) is 2.74. The van der Waals surface area contributed by atoms with Crippen LogP contribution in [0.15, 0.2) is 18.2 Å². The zero-order valence-electron chi connectivity index (χ0n) is 8.95. The van der Waals surface area contributed by atoms with Crippen LogP contribution >= 0.6 is 0 Å². The molecule has 6 heteroatoms. The highest BCUT2D eigenvalue weighted by atomic mass is 19.1. The molecule has 0 atom stereocenters. The van der Waals surface area contributed by atoms with Crippen LogP contribution in [0.5, 0.6) is 0 Å². The van der Waals surface area contributed by atoms with E-state index in [4.69, 9.17) is 0 Å². The zero-order chi connectivity index (χ0) is 11.8. The molecule has 0 saturated heterocycles. The standard InChI is InChI=1S/C11H10F2N4/c12-8-3-7(4-9(13)5-8)11-16-15-10-6-14-1-2-17(10)11/h3-5,14H,1-2,6H2. The Morgan fingerprint density at radius 2 is 1.88 bits per heavy atom. The van der Waals surface area contributed by atoms with Gasteiger partial charge in [0, 0.05) is 24.7 Å². The Hall–Kier alpha value is -1.82. The topological polar surface area (TPSA) is 42.7 Å². The van der Waals surface area contributed by atoms with Crippen molar-refractivity contribution in [1.29, 1.82) is 0 Å². The van der Waals surface area contributed by atoms with Crippen molar-refractivity contribution < 1.29 is 8.78 Å². The molecule has 17 heavy (non-hydrogen) atoms. The summed E-state index contributed by atoms with van der Waals surface area (Å²) >= 11 is 0. The predicted molar refractivity (Wildman–Crippen MR) is 57.1 cm³/mol. The molecule has 0 spiro atoms. The molecule has 1 aromatic heterocycles. The Balaban J connectivity index is 2.11. The van der Waals surface area contributed by atoms with Crippen molar-refractivity contribution in [2.45, 2.75) is 13.1 Å². The van der Waals surface area contributed by atoms with E-state index in [2.05, 4.69) is 15.5 Å². The van der Waals surface area contributed by atoms with Gasteiger partial charge in [-0.05, 0) is 12.1 Å². The van der Waals surface area contributed by atoms with Gasteiger partial charge in [0.05, 0.1) is 6.54 Å². The molecule has 1 aliphatic heterocycles. The Kier molecular flexibility index (Phi) is 2.36. The minimum Gasteiger partial charge on any atom is -0.309 e. The highest BCUT2D eigenvalue weighted by molar-refractivity contribution is 5.55. The van der Waals surface area contributed by atoms with Crippen LogP contribution in [0.25, 0.3) is 11.4 Å². The molecular formula is C11H10F2N4. The minimum absolute atomic E-state index is 0.420. The summed E-state index contributed by atoms with van der Waals surface area (Å²) in [5, 5.41) is 11.1. The molecular weight excluding hydrogens is 226 g/mol. The first-order valence-electron chi connectivity index (χ1n) is 5.33. The molecule has 0 radical (unpaired) electrons. The fraction of sp³-hybridized carbons (Fsp3) is 0.273. The van der Waals surface area contributed by atoms with E-state index in [1.54, 1.807) is 0 Å². The van der Waals surface area contributed by atoms with E-state index in [9.17, 15) is 8.78 Å². The van der Waals surface area contributed by atoms with E-state index in [1.807, 2.05) is 4.57 Å². The molecule has 1 N–H and O–H groups in total. The largest absolute Gasteiger partial charge is 0.309 e. The van der Waals surface area contributed by atoms with Crippen molar-refractivity contribution in [2.24, 2.45) is 0 Å². The maximum Gasteiger partial charge on any atom is 0.164 e. The summed E-state index contributed by atoms with van der Waals surface area (Å²) in [6.45, 7) is 2.14. The van der Waals surface area contributed by atoms with E-state index in [-0.39, 0.29) is 0 Å². The molecule has 4 nitrogen and oxygen atoms in total. The van der Waals surface area contributed by atoms with Crippen molar-refractivity contribution in [1.82, 2.24) is 20.1 Å². The Morgan fingerprint density at radius 1 is 1.12 bits per heavy atom. The van der Waals surface area contributed by atoms with E-state index in [0.717, 1.165) is 18.4 Å². The smallest absolute Gasteiger partial charge is 0.164 e. The monoisotopic (exact) mass is 236 g/mol. The normalized spacial score (nSPS) is 14.7. The molecule has 2 heterocycles. The summed E-state index contributed by atoms with van der Waals surface area (Å²) in [7, 11) is 0. The van der Waals surface area contributed by atoms with Crippen LogP contribution in [-0.4, -0.2) is 21.3 Å². The minimum atomic E-state index is -0.605. The van der Waals surface area contributed by atoms with E-state index >= 15 is 0 Å². The summed E-state index contributed by atoms with van der Waals surface area (Å²) < 4.78 is 28.2. The first kappa shape index (κ1) is 10.3. The molecule has 0 bridgehead atoms. The van der Waals surface area contributed by atoms with E-state index < -0.39 is 11.6 Å². The van der Waals surface area contributed by atoms with Crippen molar-refractivity contribution in [3.8, 4) is 11.4 Å². The fourth-order valence-corrected chi connectivity index (χ4v) is 1.99. The van der Waals surface area contributed by atoms with Crippen molar-refractivity contribution >= 4 is 0 Å². The molecule has 0 amide bonds. The average Bonchev–Trinajstić information content (AvgIpc) is 2.71. The van der Waals surface area contributed by atoms with Gasteiger partial charge in [0.25, 0.3) is 0 Å². The Bertz CT molecular complexity index is 544. The number of halogens is 2. The van der Waals surface area contributed by atoms with Gasteiger partial charge in [-0.2, -0.15) is 0 Å². The number of hydrogen-bond donors (Lipinski definition) is 1. The lowest BCUT2D eigenvalue weighted by atomic mass is 10.2. The Labute approximate surface area is 96.3 Å². The summed E-state index contributed by atoms with van der Waals surface area (Å²) in [6, 6.07) is 3.38. The van der Waals surface area contributed by atoms with Crippen LogP contribution in [0, 0.1) is 11.6 Å². The van der Waals surface area contributed by atoms with Crippen LogP contribution in [0.2, 0.25) is 0 Å². The lowest BCUT2D eigenvalue weighted by Crippen LogP contribution is -2.28. The number of nitrogens with one attached hydrogen (secondary N) is 1. The van der Waals surface area contributed by atoms with Crippen molar-refractivity contribution in [3.63, 3.8) is 0 Å². The second-order valence-corrected chi connectivity index (χ2v) is 3.93. The van der Waals surface area contributed by atoms with Crippen LogP contribution in [0.4, 0.5) is 8.78 Å². The van der Waals surface area contributed by atoms with Gasteiger partial charge in [-0.25, -0.2) is 8.78 Å². The second kappa shape index (κ2) is 3.89. The summed E-state index contributed by atoms with van der Waals surface area (Å²) in [4.78, 5) is 0. The van der Waals surface area contributed by atoms with Gasteiger partial charge in [-0.3, -0.25) is 0 Å². The van der Waals surface area contributed by atoms with E-state index in [1.165, 1.54) is 12.1 Å². The third-order valence-corrected chi connectivity index (χ3v) is 2.74. The number of aromatic nitrogens is 3. The zero-order valence-corrected chi connectivity index (χ0v) is 8.95. The number of fused-ring (bicyclic) bond motifs is 1. The number of benzene rings is 1. The van der Waals surface area contributed by atoms with E-state index in [0.29, 0.717) is 24.5 Å². The maximum absolute atomic E-state index is 13.1. The van der Waals surface area contributed by atoms with Gasteiger partial charge in [0.1, 0.15) is 17.5 Å². The predicted octanol–water partition coefficient (Wildman–Crippen LogP) is 1.33.